The predicted octanol–water partition coefficient (Wildman–Crippen LogP) is 1.42. The third-order valence-corrected chi connectivity index (χ3v) is 3.10. The van der Waals surface area contributed by atoms with Crippen LogP contribution >= 0.6 is 0 Å². The standard InChI is InChI=1S/C13H17NO2/c1-13(2)9-14(12(16)11(13)15)8-10-6-4-3-5-7-10/h3-7,11,15H,8-9H2,1-2H3/t11-/m1/s1. The Hall–Kier alpha value is -1.35. The summed E-state index contributed by atoms with van der Waals surface area (Å²) in [5.74, 6) is -0.158. The highest BCUT2D eigenvalue weighted by atomic mass is 16.3. The van der Waals surface area contributed by atoms with Gasteiger partial charge in [0.2, 0.25) is 0 Å². The van der Waals surface area contributed by atoms with Gasteiger partial charge in [0, 0.05) is 18.5 Å². The van der Waals surface area contributed by atoms with Crippen LogP contribution in [0.5, 0.6) is 0 Å². The van der Waals surface area contributed by atoms with Crippen LogP contribution in [0.25, 0.3) is 0 Å². The molecule has 3 nitrogen and oxygen atoms in total. The first-order chi connectivity index (χ1) is 7.50. The van der Waals surface area contributed by atoms with Crippen LogP contribution in [0, 0.1) is 5.41 Å². The van der Waals surface area contributed by atoms with Crippen LogP contribution in [0.3, 0.4) is 0 Å². The first-order valence-corrected chi connectivity index (χ1v) is 5.51. The minimum atomic E-state index is -0.865. The summed E-state index contributed by atoms with van der Waals surface area (Å²) < 4.78 is 0. The van der Waals surface area contributed by atoms with Crippen molar-refractivity contribution in [2.45, 2.75) is 26.5 Å². The Morgan fingerprint density at radius 3 is 2.50 bits per heavy atom. The Morgan fingerprint density at radius 1 is 1.38 bits per heavy atom. The normalized spacial score (nSPS) is 23.8. The highest BCUT2D eigenvalue weighted by Crippen LogP contribution is 2.31. The van der Waals surface area contributed by atoms with Crippen molar-refractivity contribution in [3.63, 3.8) is 0 Å². The zero-order valence-corrected chi connectivity index (χ0v) is 9.68. The van der Waals surface area contributed by atoms with E-state index in [4.69, 9.17) is 0 Å². The Balaban J connectivity index is 2.11. The van der Waals surface area contributed by atoms with Crippen molar-refractivity contribution < 1.29 is 9.90 Å². The summed E-state index contributed by atoms with van der Waals surface area (Å²) in [6, 6.07) is 9.85. The van der Waals surface area contributed by atoms with Crippen LogP contribution in [-0.2, 0) is 11.3 Å². The number of carbonyl (C=O) groups excluding carboxylic acids is 1. The Kier molecular flexibility index (Phi) is 2.72. The molecular weight excluding hydrogens is 202 g/mol. The van der Waals surface area contributed by atoms with Gasteiger partial charge in [-0.2, -0.15) is 0 Å². The number of amides is 1. The average Bonchev–Trinajstić information content (AvgIpc) is 2.44. The van der Waals surface area contributed by atoms with E-state index in [-0.39, 0.29) is 11.3 Å². The summed E-state index contributed by atoms with van der Waals surface area (Å²) in [6.07, 6.45) is -0.865. The topological polar surface area (TPSA) is 40.5 Å². The molecular formula is C13H17NO2. The van der Waals surface area contributed by atoms with Crippen molar-refractivity contribution >= 4 is 5.91 Å². The van der Waals surface area contributed by atoms with Crippen molar-refractivity contribution in [1.82, 2.24) is 4.90 Å². The number of carbonyl (C=O) groups is 1. The Labute approximate surface area is 95.7 Å². The molecule has 0 saturated carbocycles. The molecule has 0 spiro atoms. The maximum absolute atomic E-state index is 11.8. The highest BCUT2D eigenvalue weighted by Gasteiger charge is 2.44. The van der Waals surface area contributed by atoms with Gasteiger partial charge in [0.15, 0.2) is 0 Å². The van der Waals surface area contributed by atoms with E-state index in [1.54, 1.807) is 4.90 Å². The molecule has 3 heteroatoms. The van der Waals surface area contributed by atoms with Gasteiger partial charge in [-0.1, -0.05) is 44.2 Å². The van der Waals surface area contributed by atoms with Gasteiger partial charge in [-0.15, -0.1) is 0 Å². The fourth-order valence-corrected chi connectivity index (χ4v) is 2.10. The van der Waals surface area contributed by atoms with Gasteiger partial charge >= 0.3 is 0 Å². The Bertz CT molecular complexity index is 386. The first kappa shape index (κ1) is 11.1. The fourth-order valence-electron chi connectivity index (χ4n) is 2.10. The van der Waals surface area contributed by atoms with Crippen molar-refractivity contribution in [2.75, 3.05) is 6.54 Å². The summed E-state index contributed by atoms with van der Waals surface area (Å²) in [5, 5.41) is 9.78. The SMILES string of the molecule is CC1(C)CN(Cc2ccccc2)C(=O)[C@H]1O. The fraction of sp³-hybridized carbons (Fsp3) is 0.462. The lowest BCUT2D eigenvalue weighted by molar-refractivity contribution is -0.136. The molecule has 2 rings (SSSR count). The lowest BCUT2D eigenvalue weighted by Gasteiger charge is -2.20. The second-order valence-corrected chi connectivity index (χ2v) is 5.07. The molecule has 0 unspecified atom stereocenters. The van der Waals surface area contributed by atoms with Crippen LogP contribution in [-0.4, -0.2) is 28.6 Å². The van der Waals surface area contributed by atoms with E-state index in [1.165, 1.54) is 0 Å². The predicted molar refractivity (Wildman–Crippen MR) is 61.6 cm³/mol. The molecule has 1 aromatic rings. The molecule has 16 heavy (non-hydrogen) atoms. The minimum Gasteiger partial charge on any atom is -0.383 e. The molecule has 0 aliphatic carbocycles. The molecule has 0 aromatic heterocycles. The quantitative estimate of drug-likeness (QED) is 0.817. The van der Waals surface area contributed by atoms with E-state index < -0.39 is 6.10 Å². The van der Waals surface area contributed by atoms with Crippen LogP contribution in [0.2, 0.25) is 0 Å². The second-order valence-electron chi connectivity index (χ2n) is 5.07. The molecule has 1 heterocycles. The largest absolute Gasteiger partial charge is 0.383 e. The zero-order chi connectivity index (χ0) is 11.8. The molecule has 1 aliphatic rings. The van der Waals surface area contributed by atoms with E-state index in [1.807, 2.05) is 44.2 Å². The van der Waals surface area contributed by atoms with Crippen molar-refractivity contribution in [2.24, 2.45) is 5.41 Å². The first-order valence-electron chi connectivity index (χ1n) is 5.51. The summed E-state index contributed by atoms with van der Waals surface area (Å²) in [5.41, 5.74) is 0.757. The molecule has 1 saturated heterocycles. The average molecular weight is 219 g/mol. The number of likely N-dealkylation sites (tertiary alicyclic amines) is 1. The molecule has 1 fully saturated rings. The summed E-state index contributed by atoms with van der Waals surface area (Å²) in [6.45, 7) is 5.03. The third kappa shape index (κ3) is 1.95. The van der Waals surface area contributed by atoms with Gasteiger partial charge in [0.1, 0.15) is 6.10 Å². The van der Waals surface area contributed by atoms with Gasteiger partial charge in [0.05, 0.1) is 0 Å². The van der Waals surface area contributed by atoms with E-state index in [2.05, 4.69) is 0 Å². The third-order valence-electron chi connectivity index (χ3n) is 3.10. The molecule has 1 aromatic carbocycles. The lowest BCUT2D eigenvalue weighted by Crippen LogP contribution is -2.30. The second kappa shape index (κ2) is 3.91. The van der Waals surface area contributed by atoms with E-state index in [0.717, 1.165) is 5.56 Å². The molecule has 1 amide bonds. The molecule has 1 N–H and O–H groups in total. The van der Waals surface area contributed by atoms with E-state index in [0.29, 0.717) is 13.1 Å². The van der Waals surface area contributed by atoms with E-state index in [9.17, 15) is 9.90 Å². The highest BCUT2D eigenvalue weighted by molar-refractivity contribution is 5.84. The zero-order valence-electron chi connectivity index (χ0n) is 9.68. The minimum absolute atomic E-state index is 0.158. The summed E-state index contributed by atoms with van der Waals surface area (Å²) in [7, 11) is 0. The van der Waals surface area contributed by atoms with Gasteiger partial charge in [-0.05, 0) is 5.56 Å². The number of hydrogen-bond acceptors (Lipinski definition) is 2. The number of aliphatic hydroxyl groups is 1. The molecule has 1 atom stereocenters. The molecule has 86 valence electrons. The summed E-state index contributed by atoms with van der Waals surface area (Å²) in [4.78, 5) is 13.5. The van der Waals surface area contributed by atoms with Gasteiger partial charge in [-0.25, -0.2) is 0 Å². The van der Waals surface area contributed by atoms with Crippen LogP contribution in [0.4, 0.5) is 0 Å². The number of rotatable bonds is 2. The van der Waals surface area contributed by atoms with Crippen molar-refractivity contribution in [3.05, 3.63) is 35.9 Å². The van der Waals surface area contributed by atoms with Crippen molar-refractivity contribution in [3.8, 4) is 0 Å². The lowest BCUT2D eigenvalue weighted by atomic mass is 9.90. The van der Waals surface area contributed by atoms with E-state index >= 15 is 0 Å². The van der Waals surface area contributed by atoms with Gasteiger partial charge in [-0.3, -0.25) is 4.79 Å². The number of benzene rings is 1. The summed E-state index contributed by atoms with van der Waals surface area (Å²) >= 11 is 0. The van der Waals surface area contributed by atoms with Crippen LogP contribution < -0.4 is 0 Å². The maximum Gasteiger partial charge on any atom is 0.252 e. The monoisotopic (exact) mass is 219 g/mol. The number of hydrogen-bond donors (Lipinski definition) is 1. The smallest absolute Gasteiger partial charge is 0.252 e. The molecule has 0 bridgehead atoms. The van der Waals surface area contributed by atoms with Crippen molar-refractivity contribution in [1.29, 1.82) is 0 Å². The number of aliphatic hydroxyl groups excluding tert-OH is 1. The van der Waals surface area contributed by atoms with Gasteiger partial charge in [0.25, 0.3) is 5.91 Å². The Morgan fingerprint density at radius 2 is 2.00 bits per heavy atom. The maximum atomic E-state index is 11.8. The van der Waals surface area contributed by atoms with Crippen LogP contribution in [0.1, 0.15) is 19.4 Å². The number of nitrogens with zero attached hydrogens (tertiary/aromatic N) is 1. The van der Waals surface area contributed by atoms with Gasteiger partial charge < -0.3 is 10.0 Å². The van der Waals surface area contributed by atoms with Crippen LogP contribution in [0.15, 0.2) is 30.3 Å². The molecule has 0 radical (unpaired) electrons. The molecule has 1 aliphatic heterocycles.